The summed E-state index contributed by atoms with van der Waals surface area (Å²) in [6.45, 7) is 2.47. The number of carboxylic acids is 1. The molecule has 48 heavy (non-hydrogen) atoms. The second-order valence-corrected chi connectivity index (χ2v) is 12.8. The van der Waals surface area contributed by atoms with Gasteiger partial charge in [-0.3, -0.25) is 9.78 Å². The number of aromatic nitrogens is 1. The number of carboxylic acid groups (broad SMARTS) is 1. The number of aliphatic hydroxyl groups is 1. The van der Waals surface area contributed by atoms with Crippen molar-refractivity contribution in [3.63, 3.8) is 0 Å². The molecule has 8 nitrogen and oxygen atoms in total. The molecule has 1 aliphatic rings. The van der Waals surface area contributed by atoms with Gasteiger partial charge in [0.15, 0.2) is 6.29 Å². The smallest absolute Gasteiger partial charge is 0.335 e. The molecular weight excluding hydrogens is 625 g/mol. The highest BCUT2D eigenvalue weighted by molar-refractivity contribution is 7.99. The molecule has 1 aromatic heterocycles. The first kappa shape index (κ1) is 33.1. The molecule has 4 aromatic carbocycles. The van der Waals surface area contributed by atoms with Gasteiger partial charge in [-0.25, -0.2) is 4.79 Å². The standard InChI is InChI=1S/C39H36N2O6S/c1-25-35(24-48-34-16-14-29(15-17-34)38(44)45)46-39(47-36(25)28-12-10-26(23-42)11-13-28)32-8-3-7-31(20-32)30-6-2-5-27(19-30)21-41-37(43)33-9-4-18-40-22-33/h2-20,22,25,35-36,39,42H,21,23-24H2,1H3,(H,41,43)(H,44,45)/t25-,35+,36+,39+/m1/s1. The van der Waals surface area contributed by atoms with Crippen LogP contribution in [0.1, 0.15) is 62.3 Å². The van der Waals surface area contributed by atoms with Gasteiger partial charge < -0.3 is 25.0 Å². The SMILES string of the molecule is C[C@@H]1[C@H](CSc2ccc(C(=O)O)cc2)O[C@H](c2cccc(-c3cccc(CNC(=O)c4cccnc4)c3)c2)O[C@@H]1c1ccc(CO)cc1. The van der Waals surface area contributed by atoms with Crippen molar-refractivity contribution >= 4 is 23.6 Å². The minimum Gasteiger partial charge on any atom is -0.478 e. The molecule has 244 valence electrons. The summed E-state index contributed by atoms with van der Waals surface area (Å²) >= 11 is 1.62. The third-order valence-corrected chi connectivity index (χ3v) is 9.54. The van der Waals surface area contributed by atoms with Gasteiger partial charge in [-0.05, 0) is 76.3 Å². The number of aliphatic hydroxyl groups excluding tert-OH is 1. The zero-order valence-corrected chi connectivity index (χ0v) is 27.2. The van der Waals surface area contributed by atoms with Gasteiger partial charge in [0.05, 0.1) is 29.9 Å². The molecule has 6 rings (SSSR count). The molecule has 0 bridgehead atoms. The molecule has 1 fully saturated rings. The molecule has 0 radical (unpaired) electrons. The number of nitrogens with zero attached hydrogens (tertiary/aromatic N) is 1. The summed E-state index contributed by atoms with van der Waals surface area (Å²) in [5.41, 5.74) is 6.44. The first-order valence-electron chi connectivity index (χ1n) is 15.7. The highest BCUT2D eigenvalue weighted by Gasteiger charge is 2.38. The van der Waals surface area contributed by atoms with Gasteiger partial charge in [0.25, 0.3) is 5.91 Å². The predicted octanol–water partition coefficient (Wildman–Crippen LogP) is 7.45. The van der Waals surface area contributed by atoms with E-state index in [1.165, 1.54) is 0 Å². The first-order chi connectivity index (χ1) is 23.4. The van der Waals surface area contributed by atoms with E-state index in [1.54, 1.807) is 48.4 Å². The van der Waals surface area contributed by atoms with E-state index in [4.69, 9.17) is 9.47 Å². The zero-order chi connectivity index (χ0) is 33.5. The van der Waals surface area contributed by atoms with Gasteiger partial charge in [-0.15, -0.1) is 11.8 Å². The van der Waals surface area contributed by atoms with Crippen molar-refractivity contribution in [1.29, 1.82) is 0 Å². The molecule has 0 aliphatic carbocycles. The lowest BCUT2D eigenvalue weighted by molar-refractivity contribution is -0.268. The number of hydrogen-bond acceptors (Lipinski definition) is 7. The fraction of sp³-hybridized carbons (Fsp3) is 0.205. The van der Waals surface area contributed by atoms with E-state index in [0.717, 1.165) is 38.3 Å². The lowest BCUT2D eigenvalue weighted by Crippen LogP contribution is -2.38. The predicted molar refractivity (Wildman–Crippen MR) is 184 cm³/mol. The van der Waals surface area contributed by atoms with Crippen LogP contribution in [0.3, 0.4) is 0 Å². The summed E-state index contributed by atoms with van der Waals surface area (Å²) in [6, 6.07) is 34.3. The topological polar surface area (TPSA) is 118 Å². The molecule has 9 heteroatoms. The largest absolute Gasteiger partial charge is 0.478 e. The number of benzene rings is 4. The van der Waals surface area contributed by atoms with Crippen LogP contribution >= 0.6 is 11.8 Å². The summed E-state index contributed by atoms with van der Waals surface area (Å²) < 4.78 is 13.3. The van der Waals surface area contributed by atoms with Gasteiger partial charge in [0, 0.05) is 41.1 Å². The van der Waals surface area contributed by atoms with Crippen LogP contribution in [0.2, 0.25) is 0 Å². The molecule has 0 spiro atoms. The maximum atomic E-state index is 12.6. The maximum Gasteiger partial charge on any atom is 0.335 e. The van der Waals surface area contributed by atoms with Gasteiger partial charge in [0.2, 0.25) is 0 Å². The third kappa shape index (κ3) is 8.00. The van der Waals surface area contributed by atoms with Crippen LogP contribution in [-0.2, 0) is 22.6 Å². The summed E-state index contributed by atoms with van der Waals surface area (Å²) in [6.07, 6.45) is 2.12. The monoisotopic (exact) mass is 660 g/mol. The van der Waals surface area contributed by atoms with Crippen molar-refractivity contribution in [3.05, 3.63) is 155 Å². The normalized spacial score (nSPS) is 19.0. The average Bonchev–Trinajstić information content (AvgIpc) is 3.14. The van der Waals surface area contributed by atoms with Crippen molar-refractivity contribution in [1.82, 2.24) is 10.3 Å². The van der Waals surface area contributed by atoms with Crippen molar-refractivity contribution in [2.24, 2.45) is 5.92 Å². The number of nitrogens with one attached hydrogen (secondary N) is 1. The Morgan fingerprint density at radius 3 is 2.27 bits per heavy atom. The van der Waals surface area contributed by atoms with Crippen molar-refractivity contribution in [2.75, 3.05) is 5.75 Å². The Balaban J connectivity index is 1.22. The highest BCUT2D eigenvalue weighted by Crippen LogP contribution is 2.43. The minimum absolute atomic E-state index is 0.00811. The third-order valence-electron chi connectivity index (χ3n) is 8.43. The molecule has 1 aliphatic heterocycles. The Labute approximate surface area is 283 Å². The number of ether oxygens (including phenoxy) is 2. The van der Waals surface area contributed by atoms with Gasteiger partial charge in [-0.1, -0.05) is 67.6 Å². The van der Waals surface area contributed by atoms with Crippen molar-refractivity contribution in [3.8, 4) is 11.1 Å². The van der Waals surface area contributed by atoms with Gasteiger partial charge in [0.1, 0.15) is 0 Å². The number of hydrogen-bond donors (Lipinski definition) is 3. The molecule has 1 saturated heterocycles. The van der Waals surface area contributed by atoms with E-state index in [-0.39, 0.29) is 36.2 Å². The second-order valence-electron chi connectivity index (χ2n) is 11.7. The second kappa shape index (κ2) is 15.4. The Bertz CT molecular complexity index is 1850. The van der Waals surface area contributed by atoms with E-state index in [0.29, 0.717) is 17.9 Å². The highest BCUT2D eigenvalue weighted by atomic mass is 32.2. The summed E-state index contributed by atoms with van der Waals surface area (Å²) in [7, 11) is 0. The van der Waals surface area contributed by atoms with Crippen LogP contribution in [-0.4, -0.2) is 38.9 Å². The zero-order valence-electron chi connectivity index (χ0n) is 26.4. The van der Waals surface area contributed by atoms with Crippen LogP contribution < -0.4 is 5.32 Å². The number of carbonyl (C=O) groups is 2. The first-order valence-corrected chi connectivity index (χ1v) is 16.7. The lowest BCUT2D eigenvalue weighted by Gasteiger charge is -2.41. The minimum atomic E-state index is -0.951. The number of thioether (sulfide) groups is 1. The van der Waals surface area contributed by atoms with Gasteiger partial charge in [-0.2, -0.15) is 0 Å². The molecule has 2 heterocycles. The number of carbonyl (C=O) groups excluding carboxylic acids is 1. The Kier molecular flexibility index (Phi) is 10.6. The van der Waals surface area contributed by atoms with E-state index in [2.05, 4.69) is 29.4 Å². The van der Waals surface area contributed by atoms with Crippen molar-refractivity contribution in [2.45, 2.75) is 43.5 Å². The Hall–Kier alpha value is -4.80. The van der Waals surface area contributed by atoms with Gasteiger partial charge >= 0.3 is 5.97 Å². The van der Waals surface area contributed by atoms with Crippen LogP contribution in [0.4, 0.5) is 0 Å². The molecule has 4 atom stereocenters. The molecule has 0 unspecified atom stereocenters. The van der Waals surface area contributed by atoms with E-state index in [9.17, 15) is 19.8 Å². The molecule has 5 aromatic rings. The summed E-state index contributed by atoms with van der Waals surface area (Å²) in [5, 5.41) is 21.8. The van der Waals surface area contributed by atoms with Crippen LogP contribution in [0, 0.1) is 5.92 Å². The number of pyridine rings is 1. The van der Waals surface area contributed by atoms with Crippen LogP contribution in [0.15, 0.2) is 126 Å². The fourth-order valence-electron chi connectivity index (χ4n) is 5.69. The van der Waals surface area contributed by atoms with E-state index >= 15 is 0 Å². The summed E-state index contributed by atoms with van der Waals surface area (Å²) in [4.78, 5) is 28.8. The number of amides is 1. The number of aromatic carboxylic acids is 1. The fourth-order valence-corrected chi connectivity index (χ4v) is 6.76. The lowest BCUT2D eigenvalue weighted by atomic mass is 9.91. The van der Waals surface area contributed by atoms with E-state index in [1.807, 2.05) is 72.8 Å². The maximum absolute atomic E-state index is 12.6. The molecular formula is C39H36N2O6S. The van der Waals surface area contributed by atoms with Crippen LogP contribution in [0.5, 0.6) is 0 Å². The summed E-state index contributed by atoms with van der Waals surface area (Å²) in [5.74, 6) is -0.478. The molecule has 3 N–H and O–H groups in total. The molecule has 1 amide bonds. The number of rotatable bonds is 11. The van der Waals surface area contributed by atoms with E-state index < -0.39 is 12.3 Å². The van der Waals surface area contributed by atoms with Crippen LogP contribution in [0.25, 0.3) is 11.1 Å². The average molecular weight is 661 g/mol. The Morgan fingerprint density at radius 1 is 0.812 bits per heavy atom. The quantitative estimate of drug-likeness (QED) is 0.125. The van der Waals surface area contributed by atoms with Crippen molar-refractivity contribution < 1.29 is 29.3 Å². The molecule has 0 saturated carbocycles. The Morgan fingerprint density at radius 2 is 1.56 bits per heavy atom.